The molecule has 0 radical (unpaired) electrons. The minimum absolute atomic E-state index is 0.0359. The van der Waals surface area contributed by atoms with Gasteiger partial charge in [0.1, 0.15) is 0 Å². The molecule has 0 saturated carbocycles. The maximum Gasteiger partial charge on any atom is 0.260 e. The zero-order chi connectivity index (χ0) is 15.2. The van der Waals surface area contributed by atoms with Gasteiger partial charge in [-0.3, -0.25) is 0 Å². The summed E-state index contributed by atoms with van der Waals surface area (Å²) in [5.74, 6) is 0.940. The summed E-state index contributed by atoms with van der Waals surface area (Å²) < 4.78 is 26.3. The summed E-state index contributed by atoms with van der Waals surface area (Å²) in [5.41, 5.74) is 0.963. The number of pyridine rings is 1. The van der Waals surface area contributed by atoms with Gasteiger partial charge in [0.15, 0.2) is 5.03 Å². The van der Waals surface area contributed by atoms with Crippen molar-refractivity contribution in [3.05, 3.63) is 23.9 Å². The van der Waals surface area contributed by atoms with E-state index in [-0.39, 0.29) is 11.1 Å². The van der Waals surface area contributed by atoms with Crippen molar-refractivity contribution in [1.29, 1.82) is 0 Å². The first-order chi connectivity index (χ1) is 9.43. The third-order valence-electron chi connectivity index (χ3n) is 3.18. The average Bonchev–Trinajstić information content (AvgIpc) is 2.44. The molecule has 0 aliphatic heterocycles. The summed E-state index contributed by atoms with van der Waals surface area (Å²) in [6.45, 7) is 2.59. The molecule has 1 aromatic rings. The van der Waals surface area contributed by atoms with E-state index >= 15 is 0 Å². The molecule has 1 atom stereocenters. The Labute approximate surface area is 126 Å². The minimum Gasteiger partial charge on any atom is -0.316 e. The van der Waals surface area contributed by atoms with E-state index in [4.69, 9.17) is 0 Å². The summed E-state index contributed by atoms with van der Waals surface area (Å²) in [4.78, 5) is 4.08. The molecule has 7 heteroatoms. The molecule has 0 saturated heterocycles. The number of nitrogens with one attached hydrogen (secondary N) is 1. The molecule has 114 valence electrons. The highest BCUT2D eigenvalue weighted by molar-refractivity contribution is 7.98. The van der Waals surface area contributed by atoms with Crippen molar-refractivity contribution >= 4 is 21.8 Å². The van der Waals surface area contributed by atoms with Gasteiger partial charge >= 0.3 is 0 Å². The third-order valence-corrected chi connectivity index (χ3v) is 5.71. The molecule has 0 aliphatic carbocycles. The summed E-state index contributed by atoms with van der Waals surface area (Å²) >= 11 is 1.72. The Balaban J connectivity index is 2.86. The van der Waals surface area contributed by atoms with Crippen LogP contribution in [0.5, 0.6) is 0 Å². The van der Waals surface area contributed by atoms with E-state index in [2.05, 4.69) is 10.3 Å². The molecule has 1 rings (SSSR count). The van der Waals surface area contributed by atoms with Crippen LogP contribution in [0.15, 0.2) is 23.4 Å². The van der Waals surface area contributed by atoms with E-state index in [0.717, 1.165) is 17.7 Å². The standard InChI is InChI=1S/C13H23N3O2S2/c1-11(7-8-19-4)16(3)20(17,18)13-6-5-12(9-14-2)10-15-13/h5-6,10-11,14H,7-9H2,1-4H3. The maximum absolute atomic E-state index is 12.4. The highest BCUT2D eigenvalue weighted by Crippen LogP contribution is 2.17. The second kappa shape index (κ2) is 7.97. The summed E-state index contributed by atoms with van der Waals surface area (Å²) in [6, 6.07) is 3.32. The first-order valence-electron chi connectivity index (χ1n) is 6.50. The molecule has 0 aliphatic rings. The van der Waals surface area contributed by atoms with Crippen molar-refractivity contribution in [2.75, 3.05) is 26.1 Å². The monoisotopic (exact) mass is 317 g/mol. The molecular weight excluding hydrogens is 294 g/mol. The lowest BCUT2D eigenvalue weighted by Crippen LogP contribution is -2.35. The van der Waals surface area contributed by atoms with E-state index in [9.17, 15) is 8.42 Å². The van der Waals surface area contributed by atoms with Crippen LogP contribution in [0.1, 0.15) is 18.9 Å². The van der Waals surface area contributed by atoms with Crippen LogP contribution in [0.25, 0.3) is 0 Å². The SMILES string of the molecule is CNCc1ccc(S(=O)(=O)N(C)C(C)CCSC)nc1. The molecule has 20 heavy (non-hydrogen) atoms. The summed E-state index contributed by atoms with van der Waals surface area (Å²) in [7, 11) is -0.0540. The molecule has 0 aromatic carbocycles. The molecule has 0 amide bonds. The Kier molecular flexibility index (Phi) is 6.94. The quantitative estimate of drug-likeness (QED) is 0.788. The Morgan fingerprint density at radius 3 is 2.65 bits per heavy atom. The number of thioether (sulfide) groups is 1. The number of sulfonamides is 1. The number of aromatic nitrogens is 1. The van der Waals surface area contributed by atoms with Crippen molar-refractivity contribution < 1.29 is 8.42 Å². The third kappa shape index (κ3) is 4.44. The summed E-state index contributed by atoms with van der Waals surface area (Å²) in [5, 5.41) is 3.11. The Hall–Kier alpha value is -0.630. The molecule has 1 unspecified atom stereocenters. The first-order valence-corrected chi connectivity index (χ1v) is 9.33. The van der Waals surface area contributed by atoms with Crippen molar-refractivity contribution in [2.24, 2.45) is 0 Å². The van der Waals surface area contributed by atoms with Crippen LogP contribution in [-0.2, 0) is 16.6 Å². The highest BCUT2D eigenvalue weighted by Gasteiger charge is 2.26. The van der Waals surface area contributed by atoms with Gasteiger partial charge in [-0.2, -0.15) is 16.1 Å². The maximum atomic E-state index is 12.4. The van der Waals surface area contributed by atoms with Crippen LogP contribution < -0.4 is 5.32 Å². The Morgan fingerprint density at radius 1 is 1.45 bits per heavy atom. The topological polar surface area (TPSA) is 62.3 Å². The van der Waals surface area contributed by atoms with Crippen LogP contribution in [0, 0.1) is 0 Å². The van der Waals surface area contributed by atoms with Crippen LogP contribution in [0.4, 0.5) is 0 Å². The molecular formula is C13H23N3O2S2. The fourth-order valence-electron chi connectivity index (χ4n) is 1.73. The lowest BCUT2D eigenvalue weighted by molar-refractivity contribution is 0.381. The predicted octanol–water partition coefficient (Wildman–Crippen LogP) is 1.56. The molecule has 0 fully saturated rings. The summed E-state index contributed by atoms with van der Waals surface area (Å²) in [6.07, 6.45) is 4.45. The van der Waals surface area contributed by atoms with Crippen LogP contribution in [0.3, 0.4) is 0 Å². The van der Waals surface area contributed by atoms with Gasteiger partial charge in [0.2, 0.25) is 0 Å². The fraction of sp³-hybridized carbons (Fsp3) is 0.615. The van der Waals surface area contributed by atoms with Crippen LogP contribution in [0.2, 0.25) is 0 Å². The molecule has 5 nitrogen and oxygen atoms in total. The van der Waals surface area contributed by atoms with Gasteiger partial charge in [0.05, 0.1) is 0 Å². The van der Waals surface area contributed by atoms with Gasteiger partial charge in [-0.1, -0.05) is 6.07 Å². The van der Waals surface area contributed by atoms with Gasteiger partial charge in [-0.15, -0.1) is 0 Å². The molecule has 1 aromatic heterocycles. The van der Waals surface area contributed by atoms with Crippen molar-refractivity contribution in [3.63, 3.8) is 0 Å². The normalized spacial score (nSPS) is 13.7. The zero-order valence-electron chi connectivity index (χ0n) is 12.5. The Bertz CT molecular complexity index is 503. The fourth-order valence-corrected chi connectivity index (χ4v) is 3.60. The van der Waals surface area contributed by atoms with E-state index in [1.165, 1.54) is 4.31 Å². The molecule has 1 N–H and O–H groups in total. The van der Waals surface area contributed by atoms with Crippen LogP contribution >= 0.6 is 11.8 Å². The van der Waals surface area contributed by atoms with Gasteiger partial charge in [0, 0.05) is 25.8 Å². The van der Waals surface area contributed by atoms with Gasteiger partial charge in [-0.25, -0.2) is 13.4 Å². The minimum atomic E-state index is -3.51. The number of hydrogen-bond donors (Lipinski definition) is 1. The van der Waals surface area contributed by atoms with Crippen molar-refractivity contribution in [2.45, 2.75) is 31.0 Å². The average molecular weight is 317 g/mol. The van der Waals surface area contributed by atoms with Gasteiger partial charge in [0.25, 0.3) is 10.0 Å². The number of nitrogens with zero attached hydrogens (tertiary/aromatic N) is 2. The van der Waals surface area contributed by atoms with E-state index in [1.54, 1.807) is 37.1 Å². The Morgan fingerprint density at radius 2 is 2.15 bits per heavy atom. The largest absolute Gasteiger partial charge is 0.316 e. The number of hydrogen-bond acceptors (Lipinski definition) is 5. The van der Waals surface area contributed by atoms with Crippen molar-refractivity contribution in [3.8, 4) is 0 Å². The number of rotatable bonds is 8. The lowest BCUT2D eigenvalue weighted by Gasteiger charge is -2.23. The van der Waals surface area contributed by atoms with E-state index in [0.29, 0.717) is 6.54 Å². The first kappa shape index (κ1) is 17.4. The van der Waals surface area contributed by atoms with E-state index in [1.807, 2.05) is 20.2 Å². The highest BCUT2D eigenvalue weighted by atomic mass is 32.2. The van der Waals surface area contributed by atoms with Gasteiger partial charge < -0.3 is 5.32 Å². The second-order valence-corrected chi connectivity index (χ2v) is 7.62. The second-order valence-electron chi connectivity index (χ2n) is 4.69. The van der Waals surface area contributed by atoms with Crippen molar-refractivity contribution in [1.82, 2.24) is 14.6 Å². The zero-order valence-corrected chi connectivity index (χ0v) is 14.1. The molecule has 0 bridgehead atoms. The smallest absolute Gasteiger partial charge is 0.260 e. The predicted molar refractivity (Wildman–Crippen MR) is 84.4 cm³/mol. The van der Waals surface area contributed by atoms with E-state index < -0.39 is 10.0 Å². The van der Waals surface area contributed by atoms with Crippen LogP contribution in [-0.4, -0.2) is 49.9 Å². The lowest BCUT2D eigenvalue weighted by atomic mass is 10.3. The van der Waals surface area contributed by atoms with Gasteiger partial charge in [-0.05, 0) is 44.0 Å². The molecule has 1 heterocycles. The molecule has 0 spiro atoms.